The molecule has 2 aromatic carbocycles. The van der Waals surface area contributed by atoms with Gasteiger partial charge in [0.1, 0.15) is 0 Å². The van der Waals surface area contributed by atoms with Gasteiger partial charge >= 0.3 is 0 Å². The zero-order chi connectivity index (χ0) is 16.3. The average molecular weight is 304 g/mol. The second-order valence-electron chi connectivity index (χ2n) is 6.68. The van der Waals surface area contributed by atoms with Crippen molar-refractivity contribution in [3.05, 3.63) is 70.8 Å². The summed E-state index contributed by atoms with van der Waals surface area (Å²) in [7, 11) is 0. The van der Waals surface area contributed by atoms with Crippen LogP contribution in [0.4, 0.5) is 0 Å². The van der Waals surface area contributed by atoms with Crippen molar-refractivity contribution in [2.45, 2.75) is 50.5 Å². The number of aliphatic hydroxyl groups is 1. The minimum Gasteiger partial charge on any atom is -0.369 e. The standard InChI is InChI=1S/C22H24O/c1-3-22(23,20-13-9-17(2)10-14-20)21-15-11-19(12-16-21)18-7-5-4-6-8-18/h1,9-16,18,23H,4-8H2,2H3. The average Bonchev–Trinajstić information content (AvgIpc) is 2.62. The van der Waals surface area contributed by atoms with Crippen LogP contribution >= 0.6 is 0 Å². The van der Waals surface area contributed by atoms with Crippen molar-refractivity contribution in [2.75, 3.05) is 0 Å². The van der Waals surface area contributed by atoms with Crippen LogP contribution in [-0.4, -0.2) is 5.11 Å². The second kappa shape index (κ2) is 6.60. The Morgan fingerprint density at radius 3 is 1.96 bits per heavy atom. The van der Waals surface area contributed by atoms with Gasteiger partial charge < -0.3 is 5.11 Å². The third kappa shape index (κ3) is 3.19. The van der Waals surface area contributed by atoms with Crippen molar-refractivity contribution >= 4 is 0 Å². The molecule has 1 nitrogen and oxygen atoms in total. The quantitative estimate of drug-likeness (QED) is 0.799. The van der Waals surface area contributed by atoms with Crippen LogP contribution in [-0.2, 0) is 5.60 Å². The summed E-state index contributed by atoms with van der Waals surface area (Å²) < 4.78 is 0. The number of hydrogen-bond acceptors (Lipinski definition) is 1. The van der Waals surface area contributed by atoms with E-state index in [2.05, 4.69) is 18.1 Å². The van der Waals surface area contributed by atoms with Crippen molar-refractivity contribution in [1.82, 2.24) is 0 Å². The van der Waals surface area contributed by atoms with E-state index in [1.807, 2.05) is 43.3 Å². The molecular weight excluding hydrogens is 280 g/mol. The van der Waals surface area contributed by atoms with Crippen molar-refractivity contribution in [3.8, 4) is 12.3 Å². The van der Waals surface area contributed by atoms with Gasteiger partial charge in [-0.15, -0.1) is 6.42 Å². The molecule has 0 saturated heterocycles. The first kappa shape index (κ1) is 15.8. The zero-order valence-electron chi connectivity index (χ0n) is 13.8. The Hall–Kier alpha value is -2.04. The topological polar surface area (TPSA) is 20.2 Å². The summed E-state index contributed by atoms with van der Waals surface area (Å²) in [4.78, 5) is 0. The minimum absolute atomic E-state index is 0.663. The molecule has 1 aliphatic rings. The Balaban J connectivity index is 1.89. The van der Waals surface area contributed by atoms with E-state index in [4.69, 9.17) is 6.42 Å². The van der Waals surface area contributed by atoms with Gasteiger partial charge in [0, 0.05) is 11.1 Å². The fraction of sp³-hybridized carbons (Fsp3) is 0.364. The van der Waals surface area contributed by atoms with Crippen LogP contribution < -0.4 is 0 Å². The molecule has 0 bridgehead atoms. The molecule has 0 aromatic heterocycles. The van der Waals surface area contributed by atoms with Gasteiger partial charge in [0.15, 0.2) is 5.60 Å². The molecule has 1 N–H and O–H groups in total. The monoisotopic (exact) mass is 304 g/mol. The van der Waals surface area contributed by atoms with Crippen LogP contribution in [0.3, 0.4) is 0 Å². The van der Waals surface area contributed by atoms with E-state index in [9.17, 15) is 5.11 Å². The summed E-state index contributed by atoms with van der Waals surface area (Å²) in [5, 5.41) is 11.0. The van der Waals surface area contributed by atoms with E-state index in [-0.39, 0.29) is 0 Å². The molecule has 1 saturated carbocycles. The first-order valence-electron chi connectivity index (χ1n) is 8.51. The maximum atomic E-state index is 11.0. The SMILES string of the molecule is C#CC(O)(c1ccc(C)cc1)c1ccc(C2CCCCC2)cc1. The molecule has 118 valence electrons. The Bertz CT molecular complexity index is 684. The molecule has 0 heterocycles. The normalized spacial score (nSPS) is 18.1. The highest BCUT2D eigenvalue weighted by molar-refractivity contribution is 5.45. The van der Waals surface area contributed by atoms with Crippen molar-refractivity contribution in [3.63, 3.8) is 0 Å². The first-order chi connectivity index (χ1) is 11.1. The number of aryl methyl sites for hydroxylation is 1. The molecule has 2 aromatic rings. The van der Waals surface area contributed by atoms with Gasteiger partial charge in [0.25, 0.3) is 0 Å². The van der Waals surface area contributed by atoms with E-state index in [0.717, 1.165) is 16.7 Å². The molecule has 1 heteroatoms. The largest absolute Gasteiger partial charge is 0.369 e. The molecule has 1 unspecified atom stereocenters. The van der Waals surface area contributed by atoms with E-state index in [1.165, 1.54) is 37.7 Å². The van der Waals surface area contributed by atoms with Crippen LogP contribution in [0, 0.1) is 19.3 Å². The van der Waals surface area contributed by atoms with Gasteiger partial charge in [-0.1, -0.05) is 79.3 Å². The fourth-order valence-corrected chi connectivity index (χ4v) is 3.56. The molecule has 1 fully saturated rings. The Kier molecular flexibility index (Phi) is 4.55. The molecule has 0 spiro atoms. The summed E-state index contributed by atoms with van der Waals surface area (Å²) in [5.41, 5.74) is 2.68. The number of rotatable bonds is 3. The van der Waals surface area contributed by atoms with E-state index in [0.29, 0.717) is 5.92 Å². The Morgan fingerprint density at radius 1 is 0.913 bits per heavy atom. The van der Waals surface area contributed by atoms with E-state index < -0.39 is 5.60 Å². The predicted molar refractivity (Wildman–Crippen MR) is 95.3 cm³/mol. The molecule has 0 aliphatic heterocycles. The second-order valence-corrected chi connectivity index (χ2v) is 6.68. The summed E-state index contributed by atoms with van der Waals surface area (Å²) in [5.74, 6) is 3.25. The van der Waals surface area contributed by atoms with Crippen molar-refractivity contribution < 1.29 is 5.11 Å². The molecule has 0 radical (unpaired) electrons. The molecule has 0 amide bonds. The Morgan fingerprint density at radius 2 is 1.43 bits per heavy atom. The molecule has 1 aliphatic carbocycles. The highest BCUT2D eigenvalue weighted by Crippen LogP contribution is 2.35. The van der Waals surface area contributed by atoms with Crippen LogP contribution in [0.1, 0.15) is 60.3 Å². The summed E-state index contributed by atoms with van der Waals surface area (Å²) in [6, 6.07) is 16.0. The number of benzene rings is 2. The van der Waals surface area contributed by atoms with Crippen LogP contribution in [0.2, 0.25) is 0 Å². The van der Waals surface area contributed by atoms with Gasteiger partial charge in [-0.25, -0.2) is 0 Å². The lowest BCUT2D eigenvalue weighted by Crippen LogP contribution is -2.25. The van der Waals surface area contributed by atoms with Crippen molar-refractivity contribution in [1.29, 1.82) is 0 Å². The third-order valence-electron chi connectivity index (χ3n) is 5.08. The lowest BCUT2D eigenvalue weighted by molar-refractivity contribution is 0.145. The van der Waals surface area contributed by atoms with Crippen molar-refractivity contribution in [2.24, 2.45) is 0 Å². The summed E-state index contributed by atoms with van der Waals surface area (Å²) >= 11 is 0. The molecule has 23 heavy (non-hydrogen) atoms. The third-order valence-corrected chi connectivity index (χ3v) is 5.08. The Labute approximate surface area is 139 Å². The number of hydrogen-bond donors (Lipinski definition) is 1. The number of terminal acetylenes is 1. The maximum absolute atomic E-state index is 11.0. The van der Waals surface area contributed by atoms with E-state index >= 15 is 0 Å². The maximum Gasteiger partial charge on any atom is 0.176 e. The molecule has 1 atom stereocenters. The molecular formula is C22H24O. The fourth-order valence-electron chi connectivity index (χ4n) is 3.56. The summed E-state index contributed by atoms with van der Waals surface area (Å²) in [6.07, 6.45) is 12.2. The van der Waals surface area contributed by atoms with E-state index in [1.54, 1.807) is 0 Å². The first-order valence-corrected chi connectivity index (χ1v) is 8.51. The van der Waals surface area contributed by atoms with Crippen LogP contribution in [0.5, 0.6) is 0 Å². The predicted octanol–water partition coefficient (Wildman–Crippen LogP) is 4.91. The highest BCUT2D eigenvalue weighted by Gasteiger charge is 2.29. The molecule has 3 rings (SSSR count). The zero-order valence-corrected chi connectivity index (χ0v) is 13.8. The van der Waals surface area contributed by atoms with Crippen LogP contribution in [0.25, 0.3) is 0 Å². The lowest BCUT2D eigenvalue weighted by atomic mass is 9.82. The van der Waals surface area contributed by atoms with Gasteiger partial charge in [-0.05, 0) is 31.2 Å². The smallest absolute Gasteiger partial charge is 0.176 e. The minimum atomic E-state index is -1.36. The lowest BCUT2D eigenvalue weighted by Gasteiger charge is -2.26. The van der Waals surface area contributed by atoms with Gasteiger partial charge in [-0.3, -0.25) is 0 Å². The van der Waals surface area contributed by atoms with Gasteiger partial charge in [0.2, 0.25) is 0 Å². The highest BCUT2D eigenvalue weighted by atomic mass is 16.3. The summed E-state index contributed by atoms with van der Waals surface area (Å²) in [6.45, 7) is 2.03. The van der Waals surface area contributed by atoms with Gasteiger partial charge in [0.05, 0.1) is 0 Å². The van der Waals surface area contributed by atoms with Crippen LogP contribution in [0.15, 0.2) is 48.5 Å². The van der Waals surface area contributed by atoms with Gasteiger partial charge in [-0.2, -0.15) is 0 Å².